The van der Waals surface area contributed by atoms with Gasteiger partial charge in [0.1, 0.15) is 24.4 Å². The first-order valence-corrected chi connectivity index (χ1v) is 8.17. The van der Waals surface area contributed by atoms with E-state index in [4.69, 9.17) is 14.2 Å². The number of ether oxygens (including phenoxy) is 3. The lowest BCUT2D eigenvalue weighted by atomic mass is 9.85. The summed E-state index contributed by atoms with van der Waals surface area (Å²) in [6.07, 6.45) is -10.3. The predicted molar refractivity (Wildman–Crippen MR) is 79.1 cm³/mol. The number of carboxylic acids is 1. The summed E-state index contributed by atoms with van der Waals surface area (Å²) in [4.78, 5) is 11.3. The van der Waals surface area contributed by atoms with E-state index in [1.54, 1.807) is 0 Å². The Kier molecular flexibility index (Phi) is 5.51. The second kappa shape index (κ2) is 7.37. The Morgan fingerprint density at radius 2 is 1.77 bits per heavy atom. The molecule has 10 atom stereocenters. The van der Waals surface area contributed by atoms with Crippen LogP contribution in [0.1, 0.15) is 6.42 Å². The lowest BCUT2D eigenvalue weighted by molar-refractivity contribution is -0.343. The fourth-order valence-corrected chi connectivity index (χ4v) is 3.75. The van der Waals surface area contributed by atoms with E-state index in [1.807, 2.05) is 0 Å². The number of fused-ring (bicyclic) bond motifs is 1. The standard InChI is InChI=1S/C15H22O11/c16-2-7-10(19)11(20)12(21)15(25-7)26-14-9-6(18)1-5(17)8(9)4(3-24-14)13(22)23/h3,5-12,14-21H,1-2H2,(H,22,23)/t5-,6+,7-,8-,9+,10-,11+,12-,14+,15+/m1/s1. The minimum Gasteiger partial charge on any atom is -0.478 e. The quantitative estimate of drug-likeness (QED) is 0.257. The minimum absolute atomic E-state index is 0.0855. The zero-order valence-corrected chi connectivity index (χ0v) is 13.5. The Bertz CT molecular complexity index is 564. The maximum absolute atomic E-state index is 11.3. The van der Waals surface area contributed by atoms with Gasteiger partial charge in [-0.25, -0.2) is 4.79 Å². The predicted octanol–water partition coefficient (Wildman–Crippen LogP) is -3.51. The summed E-state index contributed by atoms with van der Waals surface area (Å²) in [6, 6.07) is 0. The molecule has 7 N–H and O–H groups in total. The van der Waals surface area contributed by atoms with Crippen LogP contribution in [0.4, 0.5) is 0 Å². The fourth-order valence-electron chi connectivity index (χ4n) is 3.75. The third kappa shape index (κ3) is 3.21. The van der Waals surface area contributed by atoms with Crippen molar-refractivity contribution in [1.29, 1.82) is 0 Å². The van der Waals surface area contributed by atoms with Crippen LogP contribution in [0, 0.1) is 11.8 Å². The molecular formula is C15H22O11. The van der Waals surface area contributed by atoms with Crippen LogP contribution in [0.15, 0.2) is 11.8 Å². The second-order valence-corrected chi connectivity index (χ2v) is 6.69. The van der Waals surface area contributed by atoms with Crippen molar-refractivity contribution in [2.24, 2.45) is 11.8 Å². The fraction of sp³-hybridized carbons (Fsp3) is 0.800. The van der Waals surface area contributed by atoms with Crippen LogP contribution in [0.25, 0.3) is 0 Å². The van der Waals surface area contributed by atoms with Crippen molar-refractivity contribution in [2.75, 3.05) is 6.61 Å². The first-order valence-electron chi connectivity index (χ1n) is 8.17. The van der Waals surface area contributed by atoms with Crippen molar-refractivity contribution in [3.63, 3.8) is 0 Å². The molecule has 0 bridgehead atoms. The van der Waals surface area contributed by atoms with Gasteiger partial charge in [-0.1, -0.05) is 0 Å². The van der Waals surface area contributed by atoms with E-state index in [2.05, 4.69) is 0 Å². The van der Waals surface area contributed by atoms with Crippen LogP contribution in [-0.4, -0.2) is 97.5 Å². The summed E-state index contributed by atoms with van der Waals surface area (Å²) in [5, 5.41) is 68.3. The summed E-state index contributed by atoms with van der Waals surface area (Å²) >= 11 is 0. The minimum atomic E-state index is -1.68. The maximum Gasteiger partial charge on any atom is 0.335 e. The van der Waals surface area contributed by atoms with Crippen LogP contribution in [0.3, 0.4) is 0 Å². The molecule has 1 aliphatic carbocycles. The van der Waals surface area contributed by atoms with E-state index in [-0.39, 0.29) is 12.0 Å². The molecule has 0 aromatic carbocycles. The monoisotopic (exact) mass is 378 g/mol. The summed E-state index contributed by atoms with van der Waals surface area (Å²) in [5.41, 5.74) is -0.215. The van der Waals surface area contributed by atoms with Crippen LogP contribution in [0.2, 0.25) is 0 Å². The Morgan fingerprint density at radius 1 is 1.08 bits per heavy atom. The number of carbonyl (C=O) groups is 1. The van der Waals surface area contributed by atoms with Gasteiger partial charge < -0.3 is 50.0 Å². The van der Waals surface area contributed by atoms with Gasteiger partial charge in [0.05, 0.1) is 36.6 Å². The molecule has 0 amide bonds. The van der Waals surface area contributed by atoms with E-state index in [9.17, 15) is 40.5 Å². The van der Waals surface area contributed by atoms with E-state index < -0.39 is 73.6 Å². The van der Waals surface area contributed by atoms with Gasteiger partial charge in [-0.2, -0.15) is 0 Å². The largest absolute Gasteiger partial charge is 0.478 e. The highest BCUT2D eigenvalue weighted by molar-refractivity contribution is 5.87. The molecule has 3 rings (SSSR count). The zero-order chi connectivity index (χ0) is 19.2. The van der Waals surface area contributed by atoms with Gasteiger partial charge in [-0.3, -0.25) is 0 Å². The molecule has 0 aromatic heterocycles. The smallest absolute Gasteiger partial charge is 0.335 e. The number of hydrogen-bond donors (Lipinski definition) is 7. The van der Waals surface area contributed by atoms with Gasteiger partial charge in [0.15, 0.2) is 6.29 Å². The van der Waals surface area contributed by atoms with Crippen molar-refractivity contribution in [1.82, 2.24) is 0 Å². The van der Waals surface area contributed by atoms with Crippen molar-refractivity contribution in [3.05, 3.63) is 11.8 Å². The molecule has 148 valence electrons. The highest BCUT2D eigenvalue weighted by Crippen LogP contribution is 2.44. The maximum atomic E-state index is 11.3. The Labute approximate surface area is 147 Å². The van der Waals surface area contributed by atoms with Gasteiger partial charge in [0, 0.05) is 12.3 Å². The van der Waals surface area contributed by atoms with Gasteiger partial charge in [0.2, 0.25) is 6.29 Å². The molecule has 1 saturated carbocycles. The van der Waals surface area contributed by atoms with Gasteiger partial charge in [-0.05, 0) is 0 Å². The molecule has 2 aliphatic heterocycles. The summed E-state index contributed by atoms with van der Waals surface area (Å²) in [7, 11) is 0. The molecule has 26 heavy (non-hydrogen) atoms. The first kappa shape index (κ1) is 19.5. The Hall–Kier alpha value is -1.31. The summed E-state index contributed by atoms with van der Waals surface area (Å²) < 4.78 is 15.9. The highest BCUT2D eigenvalue weighted by Gasteiger charge is 2.54. The molecule has 3 aliphatic rings. The van der Waals surface area contributed by atoms with E-state index in [1.165, 1.54) is 0 Å². The zero-order valence-electron chi connectivity index (χ0n) is 13.5. The van der Waals surface area contributed by atoms with Gasteiger partial charge in [-0.15, -0.1) is 0 Å². The molecule has 0 unspecified atom stereocenters. The van der Waals surface area contributed by atoms with Crippen LogP contribution in [-0.2, 0) is 19.0 Å². The van der Waals surface area contributed by atoms with Crippen LogP contribution < -0.4 is 0 Å². The van der Waals surface area contributed by atoms with Crippen molar-refractivity contribution < 1.29 is 54.8 Å². The molecule has 11 heteroatoms. The molecule has 0 radical (unpaired) electrons. The molecule has 11 nitrogen and oxygen atoms in total. The summed E-state index contributed by atoms with van der Waals surface area (Å²) in [5.74, 6) is -3.21. The normalized spacial score (nSPS) is 48.5. The summed E-state index contributed by atoms with van der Waals surface area (Å²) in [6.45, 7) is -0.646. The van der Waals surface area contributed by atoms with Crippen LogP contribution in [0.5, 0.6) is 0 Å². The molecular weight excluding hydrogens is 356 g/mol. The van der Waals surface area contributed by atoms with Gasteiger partial charge in [0.25, 0.3) is 0 Å². The molecule has 2 heterocycles. The average molecular weight is 378 g/mol. The van der Waals surface area contributed by atoms with E-state index >= 15 is 0 Å². The second-order valence-electron chi connectivity index (χ2n) is 6.69. The highest BCUT2D eigenvalue weighted by atomic mass is 16.8. The molecule has 0 aromatic rings. The number of hydrogen-bond acceptors (Lipinski definition) is 10. The van der Waals surface area contributed by atoms with Crippen LogP contribution >= 0.6 is 0 Å². The van der Waals surface area contributed by atoms with Gasteiger partial charge >= 0.3 is 5.97 Å². The van der Waals surface area contributed by atoms with Crippen molar-refractivity contribution >= 4 is 5.97 Å². The van der Waals surface area contributed by atoms with Crippen molar-refractivity contribution in [2.45, 2.75) is 55.6 Å². The molecule has 2 fully saturated rings. The molecule has 1 saturated heterocycles. The SMILES string of the molecule is O=C(O)C1=CO[C@@H](O[C@@H]2O[C@H](CO)[C@@H](O)[C@H](O)[C@H]2O)[C@@H]2[C@H]1[C@H](O)C[C@@H]2O. The number of aliphatic carboxylic acids is 1. The lowest BCUT2D eigenvalue weighted by Crippen LogP contribution is -2.60. The lowest BCUT2D eigenvalue weighted by Gasteiger charge is -2.42. The Morgan fingerprint density at radius 3 is 2.38 bits per heavy atom. The van der Waals surface area contributed by atoms with E-state index in [0.29, 0.717) is 0 Å². The third-order valence-electron chi connectivity index (χ3n) is 5.12. The number of aliphatic hydroxyl groups is 6. The number of aliphatic hydroxyl groups excluding tert-OH is 6. The molecule has 0 spiro atoms. The number of rotatable bonds is 4. The third-order valence-corrected chi connectivity index (χ3v) is 5.12. The average Bonchev–Trinajstić information content (AvgIpc) is 2.90. The van der Waals surface area contributed by atoms with Crippen molar-refractivity contribution in [3.8, 4) is 0 Å². The first-order chi connectivity index (χ1) is 12.3. The van der Waals surface area contributed by atoms with E-state index in [0.717, 1.165) is 6.26 Å². The topological polar surface area (TPSA) is 186 Å². The Balaban J connectivity index is 1.80. The number of carboxylic acid groups (broad SMARTS) is 1.